The Balaban J connectivity index is 1.74. The van der Waals surface area contributed by atoms with Crippen LogP contribution in [0.15, 0.2) is 78.5 Å². The number of methoxy groups -OCH3 is 1. The molecule has 3 aromatic rings. The third-order valence-corrected chi connectivity index (χ3v) is 5.35. The van der Waals surface area contributed by atoms with Crippen LogP contribution in [-0.2, 0) is 16.1 Å². The Kier molecular flexibility index (Phi) is 5.58. The minimum atomic E-state index is -0.355. The van der Waals surface area contributed by atoms with Crippen molar-refractivity contribution in [1.82, 2.24) is 4.90 Å². The quantitative estimate of drug-likeness (QED) is 0.596. The van der Waals surface area contributed by atoms with Gasteiger partial charge in [0.05, 0.1) is 19.2 Å². The fraction of sp³-hybridized carbons (Fsp3) is 0.154. The van der Waals surface area contributed by atoms with E-state index < -0.39 is 0 Å². The maximum absolute atomic E-state index is 13.4. The van der Waals surface area contributed by atoms with Crippen LogP contribution in [0.2, 0.25) is 0 Å². The van der Waals surface area contributed by atoms with Gasteiger partial charge in [-0.1, -0.05) is 65.7 Å². The first-order valence-corrected chi connectivity index (χ1v) is 10.1. The topological polar surface area (TPSA) is 58.6 Å². The molecular formula is C26H24N2O3. The normalized spacial score (nSPS) is 13.7. The van der Waals surface area contributed by atoms with E-state index in [1.807, 2.05) is 86.6 Å². The Hall–Kier alpha value is -3.86. The number of anilines is 1. The molecule has 5 heteroatoms. The zero-order valence-electron chi connectivity index (χ0n) is 17.8. The molecule has 0 fully saturated rings. The molecule has 0 saturated carbocycles. The molecule has 1 aliphatic rings. The fourth-order valence-electron chi connectivity index (χ4n) is 3.61. The maximum Gasteiger partial charge on any atom is 0.278 e. The van der Waals surface area contributed by atoms with E-state index in [4.69, 9.17) is 4.74 Å². The van der Waals surface area contributed by atoms with Crippen molar-refractivity contribution in [3.8, 4) is 5.75 Å². The van der Waals surface area contributed by atoms with E-state index in [1.54, 1.807) is 7.11 Å². The van der Waals surface area contributed by atoms with Crippen LogP contribution >= 0.6 is 0 Å². The molecule has 0 radical (unpaired) electrons. The minimum Gasteiger partial charge on any atom is -0.496 e. The molecule has 0 atom stereocenters. The highest BCUT2D eigenvalue weighted by molar-refractivity contribution is 6.36. The maximum atomic E-state index is 13.4. The zero-order valence-corrected chi connectivity index (χ0v) is 17.8. The van der Waals surface area contributed by atoms with Gasteiger partial charge in [0.15, 0.2) is 0 Å². The SMILES string of the molecule is COc1ccccc1CN1C(=O)C(Nc2ccc(C)cc2)=C(c2ccc(C)cc2)C1=O. The van der Waals surface area contributed by atoms with E-state index in [-0.39, 0.29) is 24.1 Å². The standard InChI is InChI=1S/C26H24N2O3/c1-17-8-12-19(13-9-17)23-24(27-21-14-10-18(2)11-15-21)26(30)28(25(23)29)16-20-6-4-5-7-22(20)31-3/h4-15,27H,16H2,1-3H3. The van der Waals surface area contributed by atoms with Gasteiger partial charge in [-0.15, -0.1) is 0 Å². The van der Waals surface area contributed by atoms with Crippen molar-refractivity contribution in [2.24, 2.45) is 0 Å². The van der Waals surface area contributed by atoms with Crippen LogP contribution in [0, 0.1) is 13.8 Å². The number of amides is 2. The minimum absolute atomic E-state index is 0.135. The second kappa shape index (κ2) is 8.48. The van der Waals surface area contributed by atoms with Crippen LogP contribution in [0.25, 0.3) is 5.57 Å². The molecular weight excluding hydrogens is 388 g/mol. The molecule has 1 heterocycles. The molecule has 31 heavy (non-hydrogen) atoms. The van der Waals surface area contributed by atoms with Crippen LogP contribution in [-0.4, -0.2) is 23.8 Å². The average molecular weight is 412 g/mol. The number of nitrogens with one attached hydrogen (secondary N) is 1. The van der Waals surface area contributed by atoms with Crippen molar-refractivity contribution in [2.75, 3.05) is 12.4 Å². The molecule has 0 bridgehead atoms. The number of hydrogen-bond acceptors (Lipinski definition) is 4. The number of carbonyl (C=O) groups is 2. The second-order valence-electron chi connectivity index (χ2n) is 7.62. The van der Waals surface area contributed by atoms with E-state index in [9.17, 15) is 9.59 Å². The largest absolute Gasteiger partial charge is 0.496 e. The molecule has 0 aliphatic carbocycles. The average Bonchev–Trinajstić information content (AvgIpc) is 3.00. The van der Waals surface area contributed by atoms with Gasteiger partial charge in [0.1, 0.15) is 11.4 Å². The molecule has 4 rings (SSSR count). The highest BCUT2D eigenvalue weighted by atomic mass is 16.5. The summed E-state index contributed by atoms with van der Waals surface area (Å²) < 4.78 is 5.41. The van der Waals surface area contributed by atoms with Crippen molar-refractivity contribution in [3.05, 3.63) is 101 Å². The first-order chi connectivity index (χ1) is 15.0. The van der Waals surface area contributed by atoms with Gasteiger partial charge in [-0.3, -0.25) is 14.5 Å². The van der Waals surface area contributed by atoms with Crippen molar-refractivity contribution in [3.63, 3.8) is 0 Å². The summed E-state index contributed by atoms with van der Waals surface area (Å²) in [4.78, 5) is 28.1. The van der Waals surface area contributed by atoms with Gasteiger partial charge < -0.3 is 10.1 Å². The molecule has 1 aliphatic heterocycles. The van der Waals surface area contributed by atoms with E-state index in [0.717, 1.165) is 22.4 Å². The third-order valence-electron chi connectivity index (χ3n) is 5.35. The number of para-hydroxylation sites is 1. The van der Waals surface area contributed by atoms with Crippen LogP contribution in [0.3, 0.4) is 0 Å². The van der Waals surface area contributed by atoms with Gasteiger partial charge in [0.25, 0.3) is 11.8 Å². The van der Waals surface area contributed by atoms with Crippen LogP contribution in [0.5, 0.6) is 5.75 Å². The molecule has 1 N–H and O–H groups in total. The van der Waals surface area contributed by atoms with E-state index >= 15 is 0 Å². The van der Waals surface area contributed by atoms with Gasteiger partial charge in [0, 0.05) is 11.3 Å². The lowest BCUT2D eigenvalue weighted by molar-refractivity contribution is -0.137. The molecule has 2 amide bonds. The molecule has 5 nitrogen and oxygen atoms in total. The van der Waals surface area contributed by atoms with Crippen LogP contribution in [0.4, 0.5) is 5.69 Å². The number of aryl methyl sites for hydroxylation is 2. The van der Waals surface area contributed by atoms with Crippen molar-refractivity contribution in [1.29, 1.82) is 0 Å². The lowest BCUT2D eigenvalue weighted by Crippen LogP contribution is -2.32. The Bertz CT molecular complexity index is 1160. The lowest BCUT2D eigenvalue weighted by Gasteiger charge is -2.17. The summed E-state index contributed by atoms with van der Waals surface area (Å²) in [5, 5.41) is 3.19. The van der Waals surface area contributed by atoms with Crippen molar-refractivity contribution < 1.29 is 14.3 Å². The van der Waals surface area contributed by atoms with E-state index in [2.05, 4.69) is 5.32 Å². The molecule has 0 unspecified atom stereocenters. The summed E-state index contributed by atoms with van der Waals surface area (Å²) in [5.41, 5.74) is 5.09. The van der Waals surface area contributed by atoms with Gasteiger partial charge in [-0.25, -0.2) is 0 Å². The molecule has 0 spiro atoms. The summed E-state index contributed by atoms with van der Waals surface area (Å²) in [7, 11) is 1.58. The third kappa shape index (κ3) is 4.08. The summed E-state index contributed by atoms with van der Waals surface area (Å²) >= 11 is 0. The number of ether oxygens (including phenoxy) is 1. The Labute approximate surface area is 182 Å². The number of nitrogens with zero attached hydrogens (tertiary/aromatic N) is 1. The van der Waals surface area contributed by atoms with Gasteiger partial charge >= 0.3 is 0 Å². The molecule has 0 aromatic heterocycles. The highest BCUT2D eigenvalue weighted by Crippen LogP contribution is 2.33. The van der Waals surface area contributed by atoms with Gasteiger partial charge in [0.2, 0.25) is 0 Å². The monoisotopic (exact) mass is 412 g/mol. The molecule has 3 aromatic carbocycles. The van der Waals surface area contributed by atoms with E-state index in [0.29, 0.717) is 16.9 Å². The first kappa shape index (κ1) is 20.4. The van der Waals surface area contributed by atoms with Gasteiger partial charge in [-0.2, -0.15) is 0 Å². The molecule has 0 saturated heterocycles. The number of hydrogen-bond donors (Lipinski definition) is 1. The molecule has 156 valence electrons. The van der Waals surface area contributed by atoms with E-state index in [1.165, 1.54) is 4.90 Å². The summed E-state index contributed by atoms with van der Waals surface area (Å²) in [5.74, 6) is -0.0404. The Morgan fingerprint density at radius 1 is 0.806 bits per heavy atom. The number of carbonyl (C=O) groups excluding carboxylic acids is 2. The van der Waals surface area contributed by atoms with Crippen LogP contribution < -0.4 is 10.1 Å². The Morgan fingerprint density at radius 2 is 1.42 bits per heavy atom. The van der Waals surface area contributed by atoms with Gasteiger partial charge in [-0.05, 0) is 37.6 Å². The Morgan fingerprint density at radius 3 is 2.06 bits per heavy atom. The number of benzene rings is 3. The number of rotatable bonds is 6. The predicted octanol–water partition coefficient (Wildman–Crippen LogP) is 4.70. The summed E-state index contributed by atoms with van der Waals surface area (Å²) in [6.07, 6.45) is 0. The summed E-state index contributed by atoms with van der Waals surface area (Å²) in [6.45, 7) is 4.12. The summed E-state index contributed by atoms with van der Waals surface area (Å²) in [6, 6.07) is 22.7. The highest BCUT2D eigenvalue weighted by Gasteiger charge is 2.39. The van der Waals surface area contributed by atoms with Crippen molar-refractivity contribution in [2.45, 2.75) is 20.4 Å². The fourth-order valence-corrected chi connectivity index (χ4v) is 3.61. The first-order valence-electron chi connectivity index (χ1n) is 10.1. The number of imide groups is 1. The van der Waals surface area contributed by atoms with Crippen LogP contribution in [0.1, 0.15) is 22.3 Å². The zero-order chi connectivity index (χ0) is 22.0. The van der Waals surface area contributed by atoms with Crippen molar-refractivity contribution >= 4 is 23.1 Å². The lowest BCUT2D eigenvalue weighted by atomic mass is 10.0. The smallest absolute Gasteiger partial charge is 0.278 e. The second-order valence-corrected chi connectivity index (χ2v) is 7.62. The predicted molar refractivity (Wildman–Crippen MR) is 121 cm³/mol.